The van der Waals surface area contributed by atoms with Crippen LogP contribution in [0.5, 0.6) is 0 Å². The van der Waals surface area contributed by atoms with Crippen LogP contribution in [0.4, 0.5) is 4.79 Å². The summed E-state index contributed by atoms with van der Waals surface area (Å²) in [7, 11) is 3.87. The van der Waals surface area contributed by atoms with Crippen molar-refractivity contribution in [2.45, 2.75) is 32.2 Å². The van der Waals surface area contributed by atoms with E-state index in [0.29, 0.717) is 12.5 Å². The number of benzene rings is 2. The van der Waals surface area contributed by atoms with Crippen LogP contribution >= 0.6 is 0 Å². The van der Waals surface area contributed by atoms with Crippen LogP contribution in [0.15, 0.2) is 54.6 Å². The van der Waals surface area contributed by atoms with E-state index in [1.165, 1.54) is 16.7 Å². The average Bonchev–Trinajstić information content (AvgIpc) is 2.80. The lowest BCUT2D eigenvalue weighted by Crippen LogP contribution is -2.45. The molecule has 0 aliphatic carbocycles. The Bertz CT molecular complexity index is 771. The largest absolute Gasteiger partial charge is 0.383 e. The van der Waals surface area contributed by atoms with Gasteiger partial charge in [0.25, 0.3) is 0 Å². The van der Waals surface area contributed by atoms with E-state index in [4.69, 9.17) is 4.74 Å². The number of ether oxygens (including phenoxy) is 1. The average molecular weight is 424 g/mol. The molecule has 1 aliphatic rings. The number of urea groups is 1. The first-order valence-electron chi connectivity index (χ1n) is 11.5. The van der Waals surface area contributed by atoms with E-state index >= 15 is 0 Å². The molecule has 0 aromatic heterocycles. The Labute approximate surface area is 187 Å². The zero-order valence-corrected chi connectivity index (χ0v) is 19.1. The molecule has 31 heavy (non-hydrogen) atoms. The molecule has 1 fully saturated rings. The molecular weight excluding hydrogens is 386 g/mol. The summed E-state index contributed by atoms with van der Waals surface area (Å²) in [6.07, 6.45) is 4.13. The molecule has 168 valence electrons. The molecule has 0 spiro atoms. The first-order chi connectivity index (χ1) is 15.1. The highest BCUT2D eigenvalue weighted by Gasteiger charge is 2.22. The summed E-state index contributed by atoms with van der Waals surface area (Å²) in [6, 6.07) is 19.4. The van der Waals surface area contributed by atoms with Crippen LogP contribution in [0.2, 0.25) is 0 Å². The fraction of sp³-hybridized carbons (Fsp3) is 0.500. The quantitative estimate of drug-likeness (QED) is 0.629. The van der Waals surface area contributed by atoms with Crippen molar-refractivity contribution in [1.29, 1.82) is 0 Å². The van der Waals surface area contributed by atoms with E-state index in [1.54, 1.807) is 7.11 Å². The number of hydrogen-bond donors (Lipinski definition) is 1. The summed E-state index contributed by atoms with van der Waals surface area (Å²) >= 11 is 0. The summed E-state index contributed by atoms with van der Waals surface area (Å²) in [4.78, 5) is 16.7. The number of rotatable bonds is 10. The van der Waals surface area contributed by atoms with Gasteiger partial charge in [0.05, 0.1) is 6.61 Å². The third-order valence-corrected chi connectivity index (χ3v) is 6.11. The highest BCUT2D eigenvalue weighted by molar-refractivity contribution is 5.74. The topological polar surface area (TPSA) is 44.8 Å². The number of hydrogen-bond acceptors (Lipinski definition) is 3. The van der Waals surface area contributed by atoms with Gasteiger partial charge in [0, 0.05) is 39.8 Å². The Morgan fingerprint density at radius 2 is 1.71 bits per heavy atom. The second-order valence-corrected chi connectivity index (χ2v) is 8.65. The highest BCUT2D eigenvalue weighted by atomic mass is 16.5. The van der Waals surface area contributed by atoms with Gasteiger partial charge in [-0.3, -0.25) is 4.90 Å². The lowest BCUT2D eigenvalue weighted by molar-refractivity contribution is 0.158. The first-order valence-corrected chi connectivity index (χ1v) is 11.5. The van der Waals surface area contributed by atoms with Gasteiger partial charge in [0.15, 0.2) is 0 Å². The van der Waals surface area contributed by atoms with Gasteiger partial charge in [-0.05, 0) is 55.3 Å². The number of piperidine rings is 1. The molecule has 0 saturated carbocycles. The monoisotopic (exact) mass is 423 g/mol. The van der Waals surface area contributed by atoms with E-state index in [2.05, 4.69) is 53.7 Å². The molecule has 5 heteroatoms. The number of amides is 2. The van der Waals surface area contributed by atoms with Gasteiger partial charge >= 0.3 is 6.03 Å². The molecule has 2 aromatic carbocycles. The molecule has 1 heterocycles. The second-order valence-electron chi connectivity index (χ2n) is 8.65. The molecular formula is C26H37N3O2. The summed E-state index contributed by atoms with van der Waals surface area (Å²) < 4.78 is 5.14. The predicted molar refractivity (Wildman–Crippen MR) is 126 cm³/mol. The van der Waals surface area contributed by atoms with Crippen molar-refractivity contribution in [2.75, 3.05) is 46.9 Å². The van der Waals surface area contributed by atoms with E-state index in [-0.39, 0.29) is 6.03 Å². The molecule has 0 atom stereocenters. The van der Waals surface area contributed by atoms with Crippen molar-refractivity contribution in [3.63, 3.8) is 0 Å². The maximum absolute atomic E-state index is 12.4. The molecule has 1 aliphatic heterocycles. The molecule has 0 bridgehead atoms. The van der Waals surface area contributed by atoms with Gasteiger partial charge in [0.1, 0.15) is 0 Å². The fourth-order valence-corrected chi connectivity index (χ4v) is 4.16. The molecule has 0 radical (unpaired) electrons. The third kappa shape index (κ3) is 8.00. The van der Waals surface area contributed by atoms with Crippen LogP contribution in [-0.2, 0) is 24.1 Å². The minimum Gasteiger partial charge on any atom is -0.383 e. The van der Waals surface area contributed by atoms with E-state index in [9.17, 15) is 4.79 Å². The van der Waals surface area contributed by atoms with E-state index in [1.807, 2.05) is 23.1 Å². The Kier molecular flexibility index (Phi) is 9.38. The normalized spacial score (nSPS) is 14.7. The van der Waals surface area contributed by atoms with E-state index in [0.717, 1.165) is 58.5 Å². The Morgan fingerprint density at radius 3 is 2.39 bits per heavy atom. The number of likely N-dealkylation sites (tertiary alicyclic amines) is 1. The molecule has 1 N–H and O–H groups in total. The number of carbonyl (C=O) groups excluding carboxylic acids is 1. The van der Waals surface area contributed by atoms with Crippen LogP contribution < -0.4 is 5.32 Å². The van der Waals surface area contributed by atoms with Gasteiger partial charge in [0.2, 0.25) is 0 Å². The van der Waals surface area contributed by atoms with Crippen molar-refractivity contribution in [2.24, 2.45) is 5.92 Å². The number of carbonyl (C=O) groups is 1. The van der Waals surface area contributed by atoms with Crippen molar-refractivity contribution >= 4 is 6.03 Å². The van der Waals surface area contributed by atoms with Gasteiger partial charge in [-0.25, -0.2) is 4.79 Å². The van der Waals surface area contributed by atoms with Crippen LogP contribution in [-0.4, -0.2) is 62.8 Å². The minimum atomic E-state index is 0.0799. The molecule has 5 nitrogen and oxygen atoms in total. The lowest BCUT2D eigenvalue weighted by Gasteiger charge is -2.32. The van der Waals surface area contributed by atoms with Gasteiger partial charge in [-0.1, -0.05) is 54.6 Å². The SMILES string of the molecule is COCCN(C)Cc1ccc(CC2CCN(C(=O)NCCc3ccccc3)CC2)cc1. The molecule has 2 aromatic rings. The summed E-state index contributed by atoms with van der Waals surface area (Å²) in [5.74, 6) is 0.656. The van der Waals surface area contributed by atoms with Gasteiger partial charge < -0.3 is 15.0 Å². The Morgan fingerprint density at radius 1 is 1.03 bits per heavy atom. The maximum Gasteiger partial charge on any atom is 0.317 e. The number of nitrogens with zero attached hydrogens (tertiary/aromatic N) is 2. The van der Waals surface area contributed by atoms with Crippen LogP contribution in [0.1, 0.15) is 29.5 Å². The smallest absolute Gasteiger partial charge is 0.317 e. The lowest BCUT2D eigenvalue weighted by atomic mass is 9.90. The Hall–Kier alpha value is -2.37. The van der Waals surface area contributed by atoms with Crippen molar-refractivity contribution in [1.82, 2.24) is 15.1 Å². The zero-order chi connectivity index (χ0) is 21.9. The Balaban J connectivity index is 1.35. The maximum atomic E-state index is 12.4. The zero-order valence-electron chi connectivity index (χ0n) is 19.1. The molecule has 2 amide bonds. The number of methoxy groups -OCH3 is 1. The minimum absolute atomic E-state index is 0.0799. The summed E-state index contributed by atoms with van der Waals surface area (Å²) in [5, 5.41) is 3.07. The summed E-state index contributed by atoms with van der Waals surface area (Å²) in [5.41, 5.74) is 3.99. The number of nitrogens with one attached hydrogen (secondary N) is 1. The van der Waals surface area contributed by atoms with Gasteiger partial charge in [-0.15, -0.1) is 0 Å². The van der Waals surface area contributed by atoms with Crippen LogP contribution in [0, 0.1) is 5.92 Å². The van der Waals surface area contributed by atoms with Crippen molar-refractivity contribution in [3.05, 3.63) is 71.3 Å². The standard InChI is InChI=1S/C26H37N3O2/c1-28(18-19-31-2)21-25-10-8-23(9-11-25)20-24-13-16-29(17-14-24)26(30)27-15-12-22-6-4-3-5-7-22/h3-11,24H,12-21H2,1-2H3,(H,27,30). The first kappa shape index (κ1) is 23.3. The van der Waals surface area contributed by atoms with E-state index < -0.39 is 0 Å². The van der Waals surface area contributed by atoms with Crippen molar-refractivity contribution in [3.8, 4) is 0 Å². The molecule has 1 saturated heterocycles. The van der Waals surface area contributed by atoms with Gasteiger partial charge in [-0.2, -0.15) is 0 Å². The van der Waals surface area contributed by atoms with Crippen LogP contribution in [0.3, 0.4) is 0 Å². The van der Waals surface area contributed by atoms with Crippen LogP contribution in [0.25, 0.3) is 0 Å². The number of likely N-dealkylation sites (N-methyl/N-ethyl adjacent to an activating group) is 1. The second kappa shape index (κ2) is 12.5. The predicted octanol–water partition coefficient (Wildman–Crippen LogP) is 3.97. The molecule has 0 unspecified atom stereocenters. The molecule has 3 rings (SSSR count). The summed E-state index contributed by atoms with van der Waals surface area (Å²) in [6.45, 7) is 5.04. The fourth-order valence-electron chi connectivity index (χ4n) is 4.16. The van der Waals surface area contributed by atoms with Crippen molar-refractivity contribution < 1.29 is 9.53 Å². The highest BCUT2D eigenvalue weighted by Crippen LogP contribution is 2.22. The third-order valence-electron chi connectivity index (χ3n) is 6.11.